The Labute approximate surface area is 112 Å². The summed E-state index contributed by atoms with van der Waals surface area (Å²) in [6.07, 6.45) is 3.92. The van der Waals surface area contributed by atoms with E-state index in [1.54, 1.807) is 12.3 Å². The van der Waals surface area contributed by atoms with Gasteiger partial charge in [0.15, 0.2) is 10.8 Å². The standard InChI is InChI=1S/C13H20N2O2S/c1-3-17-12(16)11-8-18-13(15-11)14-7-10-5-4-9(2)6-10/h8-10H,3-7H2,1-2H3,(H,14,15). The molecule has 1 saturated carbocycles. The van der Waals surface area contributed by atoms with Crippen LogP contribution < -0.4 is 5.32 Å². The highest BCUT2D eigenvalue weighted by Gasteiger charge is 2.21. The number of esters is 1. The minimum atomic E-state index is -0.337. The molecule has 1 heterocycles. The number of carbonyl (C=O) groups is 1. The number of anilines is 1. The van der Waals surface area contributed by atoms with Crippen LogP contribution in [0.3, 0.4) is 0 Å². The number of ether oxygens (including phenoxy) is 1. The number of aromatic nitrogens is 1. The quantitative estimate of drug-likeness (QED) is 0.833. The first kappa shape index (κ1) is 13.3. The van der Waals surface area contributed by atoms with Gasteiger partial charge < -0.3 is 10.1 Å². The second kappa shape index (κ2) is 6.18. The Morgan fingerprint density at radius 2 is 2.44 bits per heavy atom. The zero-order valence-corrected chi connectivity index (χ0v) is 11.8. The van der Waals surface area contributed by atoms with Crippen LogP contribution in [0.2, 0.25) is 0 Å². The third kappa shape index (κ3) is 3.45. The summed E-state index contributed by atoms with van der Waals surface area (Å²) in [4.78, 5) is 15.7. The molecule has 1 aromatic heterocycles. The van der Waals surface area contributed by atoms with Crippen molar-refractivity contribution in [3.05, 3.63) is 11.1 Å². The molecule has 0 radical (unpaired) electrons. The van der Waals surface area contributed by atoms with E-state index in [1.807, 2.05) is 0 Å². The van der Waals surface area contributed by atoms with Crippen LogP contribution in [-0.4, -0.2) is 24.1 Å². The summed E-state index contributed by atoms with van der Waals surface area (Å²) in [6, 6.07) is 0. The first-order valence-corrected chi connectivity index (χ1v) is 7.43. The molecule has 2 rings (SSSR count). The molecule has 0 bridgehead atoms. The van der Waals surface area contributed by atoms with Gasteiger partial charge in [-0.3, -0.25) is 0 Å². The number of rotatable bonds is 5. The largest absolute Gasteiger partial charge is 0.461 e. The zero-order valence-electron chi connectivity index (χ0n) is 10.9. The normalized spacial score (nSPS) is 23.0. The fourth-order valence-electron chi connectivity index (χ4n) is 2.40. The van der Waals surface area contributed by atoms with Crippen molar-refractivity contribution in [1.82, 2.24) is 4.98 Å². The van der Waals surface area contributed by atoms with E-state index < -0.39 is 0 Å². The van der Waals surface area contributed by atoms with E-state index in [2.05, 4.69) is 17.2 Å². The van der Waals surface area contributed by atoms with Crippen LogP contribution in [0.15, 0.2) is 5.38 Å². The molecule has 1 fully saturated rings. The van der Waals surface area contributed by atoms with Gasteiger partial charge in [-0.05, 0) is 31.6 Å². The minimum Gasteiger partial charge on any atom is -0.461 e. The van der Waals surface area contributed by atoms with Gasteiger partial charge in [0.2, 0.25) is 0 Å². The number of nitrogens with zero attached hydrogens (tertiary/aromatic N) is 1. The van der Waals surface area contributed by atoms with Crippen LogP contribution >= 0.6 is 11.3 Å². The minimum absolute atomic E-state index is 0.337. The molecule has 2 atom stereocenters. The molecule has 2 unspecified atom stereocenters. The Bertz CT molecular complexity index is 405. The van der Waals surface area contributed by atoms with Gasteiger partial charge in [-0.15, -0.1) is 11.3 Å². The molecular weight excluding hydrogens is 248 g/mol. The first-order valence-electron chi connectivity index (χ1n) is 6.55. The maximum Gasteiger partial charge on any atom is 0.357 e. The van der Waals surface area contributed by atoms with Crippen molar-refractivity contribution in [3.8, 4) is 0 Å². The van der Waals surface area contributed by atoms with Crippen molar-refractivity contribution < 1.29 is 9.53 Å². The summed E-state index contributed by atoms with van der Waals surface area (Å²) >= 11 is 1.46. The predicted molar refractivity (Wildman–Crippen MR) is 73.1 cm³/mol. The van der Waals surface area contributed by atoms with Crippen LogP contribution in [0.1, 0.15) is 43.6 Å². The highest BCUT2D eigenvalue weighted by Crippen LogP contribution is 2.30. The van der Waals surface area contributed by atoms with Crippen LogP contribution in [0.5, 0.6) is 0 Å². The third-order valence-corrected chi connectivity index (χ3v) is 4.13. The van der Waals surface area contributed by atoms with E-state index >= 15 is 0 Å². The van der Waals surface area contributed by atoms with Gasteiger partial charge in [-0.1, -0.05) is 13.3 Å². The van der Waals surface area contributed by atoms with Gasteiger partial charge in [0.05, 0.1) is 6.61 Å². The fraction of sp³-hybridized carbons (Fsp3) is 0.692. The van der Waals surface area contributed by atoms with E-state index in [4.69, 9.17) is 4.74 Å². The third-order valence-electron chi connectivity index (χ3n) is 3.33. The number of hydrogen-bond donors (Lipinski definition) is 1. The van der Waals surface area contributed by atoms with Crippen molar-refractivity contribution in [1.29, 1.82) is 0 Å². The van der Waals surface area contributed by atoms with E-state index in [1.165, 1.54) is 30.6 Å². The van der Waals surface area contributed by atoms with Gasteiger partial charge in [0.1, 0.15) is 0 Å². The maximum atomic E-state index is 11.5. The van der Waals surface area contributed by atoms with E-state index in [-0.39, 0.29) is 5.97 Å². The Hall–Kier alpha value is -1.10. The SMILES string of the molecule is CCOC(=O)c1csc(NCC2CCC(C)C2)n1. The molecule has 0 aromatic carbocycles. The number of hydrogen-bond acceptors (Lipinski definition) is 5. The molecule has 4 nitrogen and oxygen atoms in total. The van der Waals surface area contributed by atoms with Gasteiger partial charge in [-0.25, -0.2) is 9.78 Å². The number of carbonyl (C=O) groups excluding carboxylic acids is 1. The average Bonchev–Trinajstić information content (AvgIpc) is 2.95. The molecule has 1 N–H and O–H groups in total. The average molecular weight is 268 g/mol. The molecule has 5 heteroatoms. The molecule has 0 amide bonds. The van der Waals surface area contributed by atoms with Crippen molar-refractivity contribution in [3.63, 3.8) is 0 Å². The van der Waals surface area contributed by atoms with E-state index in [0.29, 0.717) is 12.3 Å². The first-order chi connectivity index (χ1) is 8.69. The molecule has 0 saturated heterocycles. The smallest absolute Gasteiger partial charge is 0.357 e. The Kier molecular flexibility index (Phi) is 4.58. The highest BCUT2D eigenvalue weighted by atomic mass is 32.1. The van der Waals surface area contributed by atoms with Crippen molar-refractivity contribution in [2.75, 3.05) is 18.5 Å². The number of nitrogens with one attached hydrogen (secondary N) is 1. The Morgan fingerprint density at radius 1 is 1.61 bits per heavy atom. The molecule has 1 aliphatic carbocycles. The van der Waals surface area contributed by atoms with Gasteiger partial charge in [0, 0.05) is 11.9 Å². The molecule has 1 aromatic rings. The lowest BCUT2D eigenvalue weighted by Gasteiger charge is -2.09. The van der Waals surface area contributed by atoms with Crippen LogP contribution in [0.25, 0.3) is 0 Å². The van der Waals surface area contributed by atoms with Crippen molar-refractivity contribution in [2.45, 2.75) is 33.1 Å². The second-order valence-electron chi connectivity index (χ2n) is 4.92. The summed E-state index contributed by atoms with van der Waals surface area (Å²) in [6.45, 7) is 5.45. The van der Waals surface area contributed by atoms with Crippen molar-refractivity contribution in [2.24, 2.45) is 11.8 Å². The number of thiazole rings is 1. The highest BCUT2D eigenvalue weighted by molar-refractivity contribution is 7.13. The summed E-state index contributed by atoms with van der Waals surface area (Å²) in [7, 11) is 0. The van der Waals surface area contributed by atoms with Crippen molar-refractivity contribution >= 4 is 22.4 Å². The molecule has 100 valence electrons. The predicted octanol–water partition coefficient (Wildman–Crippen LogP) is 3.17. The monoisotopic (exact) mass is 268 g/mol. The van der Waals surface area contributed by atoms with Gasteiger partial charge in [0.25, 0.3) is 0 Å². The lowest BCUT2D eigenvalue weighted by atomic mass is 10.1. The lowest BCUT2D eigenvalue weighted by molar-refractivity contribution is 0.0520. The molecular formula is C13H20N2O2S. The molecule has 0 spiro atoms. The van der Waals surface area contributed by atoms with E-state index in [9.17, 15) is 4.79 Å². The zero-order chi connectivity index (χ0) is 13.0. The second-order valence-corrected chi connectivity index (χ2v) is 5.78. The van der Waals surface area contributed by atoms with Gasteiger partial charge >= 0.3 is 5.97 Å². The molecule has 18 heavy (non-hydrogen) atoms. The summed E-state index contributed by atoms with van der Waals surface area (Å²) in [5, 5.41) is 5.89. The Balaban J connectivity index is 1.81. The topological polar surface area (TPSA) is 51.2 Å². The van der Waals surface area contributed by atoms with Crippen LogP contribution in [-0.2, 0) is 4.74 Å². The van der Waals surface area contributed by atoms with Crippen LogP contribution in [0.4, 0.5) is 5.13 Å². The fourth-order valence-corrected chi connectivity index (χ4v) is 3.09. The Morgan fingerprint density at radius 3 is 3.11 bits per heavy atom. The molecule has 1 aliphatic rings. The molecule has 0 aliphatic heterocycles. The summed E-state index contributed by atoms with van der Waals surface area (Å²) in [5.41, 5.74) is 0.407. The maximum absolute atomic E-state index is 11.5. The van der Waals surface area contributed by atoms with E-state index in [0.717, 1.165) is 23.5 Å². The summed E-state index contributed by atoms with van der Waals surface area (Å²) < 4.78 is 4.91. The van der Waals surface area contributed by atoms with Crippen LogP contribution in [0, 0.1) is 11.8 Å². The van der Waals surface area contributed by atoms with Gasteiger partial charge in [-0.2, -0.15) is 0 Å². The summed E-state index contributed by atoms with van der Waals surface area (Å²) in [5.74, 6) is 1.26. The lowest BCUT2D eigenvalue weighted by Crippen LogP contribution is -2.11.